The number of halogens is 3. The second-order valence-corrected chi connectivity index (χ2v) is 6.59. The first kappa shape index (κ1) is 14.0. The quantitative estimate of drug-likeness (QED) is 0.710. The lowest BCUT2D eigenvalue weighted by molar-refractivity contribution is 1.10. The molecule has 1 N–H and O–H groups in total. The van der Waals surface area contributed by atoms with Crippen molar-refractivity contribution in [3.8, 4) is 0 Å². The SMILES string of the molecule is Cc1cc(Br)c(NCc2cncc(Br)c2)c(Br)c1. The maximum absolute atomic E-state index is 4.15. The highest BCUT2D eigenvalue weighted by molar-refractivity contribution is 9.11. The summed E-state index contributed by atoms with van der Waals surface area (Å²) in [5, 5.41) is 3.40. The number of pyridine rings is 1. The topological polar surface area (TPSA) is 24.9 Å². The van der Waals surface area contributed by atoms with Gasteiger partial charge in [-0.25, -0.2) is 0 Å². The largest absolute Gasteiger partial charge is 0.379 e. The fraction of sp³-hybridized carbons (Fsp3) is 0.154. The van der Waals surface area contributed by atoms with Crippen LogP contribution in [-0.4, -0.2) is 4.98 Å². The summed E-state index contributed by atoms with van der Waals surface area (Å²) in [5.74, 6) is 0. The summed E-state index contributed by atoms with van der Waals surface area (Å²) in [6, 6.07) is 6.23. The van der Waals surface area contributed by atoms with E-state index in [4.69, 9.17) is 0 Å². The van der Waals surface area contributed by atoms with Gasteiger partial charge in [0.25, 0.3) is 0 Å². The van der Waals surface area contributed by atoms with Crippen LogP contribution in [0.15, 0.2) is 44.0 Å². The summed E-state index contributed by atoms with van der Waals surface area (Å²) in [7, 11) is 0. The van der Waals surface area contributed by atoms with Gasteiger partial charge < -0.3 is 5.32 Å². The molecule has 1 aromatic carbocycles. The van der Waals surface area contributed by atoms with Crippen LogP contribution in [0.4, 0.5) is 5.69 Å². The first-order chi connectivity index (χ1) is 8.56. The molecule has 2 rings (SSSR count). The molecule has 94 valence electrons. The number of anilines is 1. The molecule has 0 amide bonds. The molecule has 1 heterocycles. The van der Waals surface area contributed by atoms with Crippen molar-refractivity contribution in [2.45, 2.75) is 13.5 Å². The van der Waals surface area contributed by atoms with Crippen LogP contribution >= 0.6 is 47.8 Å². The first-order valence-electron chi connectivity index (χ1n) is 5.35. The predicted molar refractivity (Wildman–Crippen MR) is 85.8 cm³/mol. The van der Waals surface area contributed by atoms with Crippen LogP contribution in [0.3, 0.4) is 0 Å². The number of aryl methyl sites for hydroxylation is 1. The van der Waals surface area contributed by atoms with Crippen LogP contribution in [0.5, 0.6) is 0 Å². The summed E-state index contributed by atoms with van der Waals surface area (Å²) >= 11 is 10.6. The van der Waals surface area contributed by atoms with Gasteiger partial charge in [-0.3, -0.25) is 4.98 Å². The van der Waals surface area contributed by atoms with Gasteiger partial charge in [0.2, 0.25) is 0 Å². The van der Waals surface area contributed by atoms with Crippen molar-refractivity contribution in [1.29, 1.82) is 0 Å². The maximum atomic E-state index is 4.15. The van der Waals surface area contributed by atoms with Gasteiger partial charge in [0.1, 0.15) is 0 Å². The minimum atomic E-state index is 0.729. The Hall–Kier alpha value is -0.390. The van der Waals surface area contributed by atoms with E-state index in [1.54, 1.807) is 6.20 Å². The minimum Gasteiger partial charge on any atom is -0.379 e. The Morgan fingerprint density at radius 2 is 1.72 bits per heavy atom. The van der Waals surface area contributed by atoms with Crippen LogP contribution in [0.25, 0.3) is 0 Å². The lowest BCUT2D eigenvalue weighted by Crippen LogP contribution is -2.01. The normalized spacial score (nSPS) is 10.4. The number of hydrogen-bond acceptors (Lipinski definition) is 2. The molecule has 0 aliphatic heterocycles. The third kappa shape index (κ3) is 3.56. The van der Waals surface area contributed by atoms with E-state index in [0.717, 1.165) is 31.2 Å². The van der Waals surface area contributed by atoms with E-state index in [2.05, 4.69) is 83.2 Å². The molecule has 0 aliphatic carbocycles. The summed E-state index contributed by atoms with van der Waals surface area (Å²) in [5.41, 5.74) is 3.40. The van der Waals surface area contributed by atoms with E-state index in [1.807, 2.05) is 6.20 Å². The average Bonchev–Trinajstić information content (AvgIpc) is 2.27. The van der Waals surface area contributed by atoms with Gasteiger partial charge in [-0.15, -0.1) is 0 Å². The van der Waals surface area contributed by atoms with E-state index >= 15 is 0 Å². The highest BCUT2D eigenvalue weighted by atomic mass is 79.9. The van der Waals surface area contributed by atoms with E-state index < -0.39 is 0 Å². The van der Waals surface area contributed by atoms with Gasteiger partial charge in [-0.2, -0.15) is 0 Å². The van der Waals surface area contributed by atoms with E-state index in [-0.39, 0.29) is 0 Å². The molecule has 0 fully saturated rings. The van der Waals surface area contributed by atoms with Gasteiger partial charge in [0.15, 0.2) is 0 Å². The summed E-state index contributed by atoms with van der Waals surface area (Å²) in [6.45, 7) is 2.80. The fourth-order valence-corrected chi connectivity index (χ4v) is 3.72. The van der Waals surface area contributed by atoms with E-state index in [0.29, 0.717) is 0 Å². The van der Waals surface area contributed by atoms with Crippen LogP contribution in [0.1, 0.15) is 11.1 Å². The highest BCUT2D eigenvalue weighted by Crippen LogP contribution is 2.32. The van der Waals surface area contributed by atoms with Crippen LogP contribution in [0.2, 0.25) is 0 Å². The molecule has 2 aromatic rings. The van der Waals surface area contributed by atoms with Crippen molar-refractivity contribution in [3.63, 3.8) is 0 Å². The Labute approximate surface area is 132 Å². The van der Waals surface area contributed by atoms with Crippen molar-refractivity contribution in [2.75, 3.05) is 5.32 Å². The molecule has 0 atom stereocenters. The zero-order valence-electron chi connectivity index (χ0n) is 9.67. The number of nitrogens with one attached hydrogen (secondary N) is 1. The van der Waals surface area contributed by atoms with E-state index in [9.17, 15) is 0 Å². The molecule has 0 saturated heterocycles. The smallest absolute Gasteiger partial charge is 0.0631 e. The second kappa shape index (κ2) is 6.17. The molecule has 0 radical (unpaired) electrons. The number of nitrogens with zero attached hydrogens (tertiary/aromatic N) is 1. The fourth-order valence-electron chi connectivity index (χ4n) is 1.61. The van der Waals surface area contributed by atoms with E-state index in [1.165, 1.54) is 5.56 Å². The molecule has 0 bridgehead atoms. The third-order valence-electron chi connectivity index (χ3n) is 2.42. The van der Waals surface area contributed by atoms with Crippen LogP contribution in [0, 0.1) is 6.92 Å². The molecule has 0 unspecified atom stereocenters. The Morgan fingerprint density at radius 1 is 1.06 bits per heavy atom. The number of aromatic nitrogens is 1. The predicted octanol–water partition coefficient (Wildman–Crippen LogP) is 5.29. The minimum absolute atomic E-state index is 0.729. The van der Waals surface area contributed by atoms with Crippen molar-refractivity contribution >= 4 is 53.5 Å². The molecule has 0 aliphatic rings. The highest BCUT2D eigenvalue weighted by Gasteiger charge is 2.06. The van der Waals surface area contributed by atoms with Gasteiger partial charge in [-0.1, -0.05) is 0 Å². The van der Waals surface area contributed by atoms with Gasteiger partial charge in [0.05, 0.1) is 5.69 Å². The van der Waals surface area contributed by atoms with Gasteiger partial charge in [-0.05, 0) is 84.0 Å². The second-order valence-electron chi connectivity index (χ2n) is 3.97. The standard InChI is InChI=1S/C13H11Br3N2/c1-8-2-11(15)13(12(16)3-8)18-6-9-4-10(14)7-17-5-9/h2-5,7,18H,6H2,1H3. The summed E-state index contributed by atoms with van der Waals surface area (Å²) < 4.78 is 3.10. The number of hydrogen-bond donors (Lipinski definition) is 1. The Balaban J connectivity index is 2.16. The Morgan fingerprint density at radius 3 is 2.33 bits per heavy atom. The molecule has 2 nitrogen and oxygen atoms in total. The molecular formula is C13H11Br3N2. The Kier molecular flexibility index (Phi) is 4.81. The number of benzene rings is 1. The molecule has 5 heteroatoms. The molecular weight excluding hydrogens is 424 g/mol. The lowest BCUT2D eigenvalue weighted by Gasteiger charge is -2.12. The van der Waals surface area contributed by atoms with Crippen LogP contribution in [-0.2, 0) is 6.54 Å². The van der Waals surface area contributed by atoms with Crippen molar-refractivity contribution in [2.24, 2.45) is 0 Å². The summed E-state index contributed by atoms with van der Waals surface area (Å²) in [6.07, 6.45) is 3.63. The van der Waals surface area contributed by atoms with Crippen molar-refractivity contribution in [1.82, 2.24) is 4.98 Å². The monoisotopic (exact) mass is 432 g/mol. The zero-order valence-corrected chi connectivity index (χ0v) is 14.4. The first-order valence-corrected chi connectivity index (χ1v) is 7.73. The van der Waals surface area contributed by atoms with Crippen molar-refractivity contribution in [3.05, 3.63) is 55.1 Å². The molecule has 1 aromatic heterocycles. The zero-order chi connectivity index (χ0) is 13.1. The van der Waals surface area contributed by atoms with Crippen molar-refractivity contribution < 1.29 is 0 Å². The maximum Gasteiger partial charge on any atom is 0.0631 e. The van der Waals surface area contributed by atoms with Gasteiger partial charge in [0, 0.05) is 32.4 Å². The van der Waals surface area contributed by atoms with Crippen LogP contribution < -0.4 is 5.32 Å². The molecule has 18 heavy (non-hydrogen) atoms. The third-order valence-corrected chi connectivity index (χ3v) is 4.10. The lowest BCUT2D eigenvalue weighted by atomic mass is 10.2. The Bertz CT molecular complexity index is 547. The number of rotatable bonds is 3. The molecule has 0 saturated carbocycles. The molecule has 0 spiro atoms. The average molecular weight is 435 g/mol. The van der Waals surface area contributed by atoms with Gasteiger partial charge >= 0.3 is 0 Å². The summed E-state index contributed by atoms with van der Waals surface area (Å²) in [4.78, 5) is 4.15.